The fourth-order valence-electron chi connectivity index (χ4n) is 6.72. The molecule has 0 radical (unpaired) electrons. The van der Waals surface area contributed by atoms with Crippen LogP contribution in [0.4, 0.5) is 10.5 Å². The van der Waals surface area contributed by atoms with Gasteiger partial charge in [0.05, 0.1) is 0 Å². The minimum absolute atomic E-state index is 0.274. The predicted octanol–water partition coefficient (Wildman–Crippen LogP) is 5.06. The number of sulfonamides is 1. The van der Waals surface area contributed by atoms with E-state index in [1.54, 1.807) is 6.08 Å². The highest BCUT2D eigenvalue weighted by molar-refractivity contribution is 7.92. The van der Waals surface area contributed by atoms with E-state index in [0.29, 0.717) is 0 Å². The van der Waals surface area contributed by atoms with Crippen molar-refractivity contribution in [2.75, 3.05) is 18.4 Å². The number of likely N-dealkylation sites (tertiary alicyclic amines) is 1. The summed E-state index contributed by atoms with van der Waals surface area (Å²) < 4.78 is 27.9. The van der Waals surface area contributed by atoms with Crippen LogP contribution in [0.2, 0.25) is 0 Å². The number of rotatable bonds is 6. The van der Waals surface area contributed by atoms with Crippen LogP contribution < -0.4 is 10.0 Å². The molecular weight excluding hydrogens is 446 g/mol. The van der Waals surface area contributed by atoms with Gasteiger partial charge in [0.2, 0.25) is 0 Å². The third-order valence-corrected chi connectivity index (χ3v) is 9.55. The molecule has 3 aliphatic carbocycles. The Morgan fingerprint density at radius 3 is 2.38 bits per heavy atom. The Kier molecular flexibility index (Phi) is 6.77. The maximum absolute atomic E-state index is 12.8. The number of anilines is 1. The number of urea groups is 1. The topological polar surface area (TPSA) is 78.5 Å². The third kappa shape index (κ3) is 5.06. The van der Waals surface area contributed by atoms with E-state index in [1.165, 1.54) is 59.8 Å². The number of nitrogens with zero attached hydrogens (tertiary/aromatic N) is 1. The van der Waals surface area contributed by atoms with Gasteiger partial charge < -0.3 is 5.32 Å². The number of aryl methyl sites for hydroxylation is 2. The first kappa shape index (κ1) is 23.9. The molecule has 4 aliphatic rings. The molecule has 2 fully saturated rings. The molecule has 1 saturated heterocycles. The minimum atomic E-state index is -3.88. The van der Waals surface area contributed by atoms with Crippen LogP contribution in [0.25, 0.3) is 0 Å². The van der Waals surface area contributed by atoms with Crippen LogP contribution in [0.1, 0.15) is 87.0 Å². The van der Waals surface area contributed by atoms with E-state index in [4.69, 9.17) is 0 Å². The van der Waals surface area contributed by atoms with Gasteiger partial charge in [-0.25, -0.2) is 17.9 Å². The molecule has 1 saturated carbocycles. The molecule has 1 aromatic carbocycles. The Labute approximate surface area is 204 Å². The number of nitrogens with one attached hydrogen (secondary N) is 2. The summed E-state index contributed by atoms with van der Waals surface area (Å²) in [5, 5.41) is 4.14. The molecule has 1 atom stereocenters. The molecule has 34 heavy (non-hydrogen) atoms. The van der Waals surface area contributed by atoms with E-state index < -0.39 is 16.1 Å². The lowest BCUT2D eigenvalue weighted by molar-refractivity contribution is 0.153. The molecule has 5 rings (SSSR count). The van der Waals surface area contributed by atoms with E-state index in [9.17, 15) is 13.2 Å². The number of fused-ring (bicyclic) bond motifs is 2. The van der Waals surface area contributed by atoms with Gasteiger partial charge in [-0.3, -0.25) is 4.90 Å². The molecular formula is C27H39N3O3S. The molecule has 7 heteroatoms. The van der Waals surface area contributed by atoms with Crippen molar-refractivity contribution in [3.63, 3.8) is 0 Å². The van der Waals surface area contributed by atoms with Gasteiger partial charge >= 0.3 is 6.03 Å². The highest BCUT2D eigenvalue weighted by atomic mass is 32.2. The van der Waals surface area contributed by atoms with Crippen LogP contribution in [0.15, 0.2) is 17.6 Å². The maximum atomic E-state index is 12.8. The molecule has 1 aliphatic heterocycles. The van der Waals surface area contributed by atoms with Crippen molar-refractivity contribution >= 4 is 21.7 Å². The van der Waals surface area contributed by atoms with Gasteiger partial charge in [0.25, 0.3) is 10.0 Å². The third-order valence-electron chi connectivity index (χ3n) is 8.59. The molecule has 1 aromatic rings. The zero-order valence-corrected chi connectivity index (χ0v) is 21.3. The first-order valence-electron chi connectivity index (χ1n) is 13.3. The van der Waals surface area contributed by atoms with Crippen LogP contribution in [0.3, 0.4) is 0 Å². The summed E-state index contributed by atoms with van der Waals surface area (Å²) in [5.41, 5.74) is 5.60. The standard InChI is InChI=1S/C27H39N3O3S/c1-27(14-7-16-30(27)19-20-8-3-2-4-9-20)15-17-34(32,33)29-26(31)28-25-23-12-5-10-21(23)18-22-11-6-13-24(22)25/h15,17-18,20H,2-14,16,19H2,1H3,(H2,28,29,31)/b17-15+/t27-/m0/s1. The van der Waals surface area contributed by atoms with E-state index in [2.05, 4.69) is 27.9 Å². The normalized spacial score (nSPS) is 25.6. The van der Waals surface area contributed by atoms with Gasteiger partial charge in [0.15, 0.2) is 0 Å². The SMILES string of the molecule is C[C@@]1(/C=C/S(=O)(=O)NC(=O)Nc2c3c(cc4c2CCC4)CCC3)CCCN1CC1CCCCC1. The quantitative estimate of drug-likeness (QED) is 0.590. The zero-order valence-electron chi connectivity index (χ0n) is 20.5. The van der Waals surface area contributed by atoms with Gasteiger partial charge in [-0.2, -0.15) is 0 Å². The number of amides is 2. The lowest BCUT2D eigenvalue weighted by Crippen LogP contribution is -2.43. The van der Waals surface area contributed by atoms with Gasteiger partial charge in [-0.1, -0.05) is 31.4 Å². The fraction of sp³-hybridized carbons (Fsp3) is 0.667. The second-order valence-electron chi connectivity index (χ2n) is 11.0. The highest BCUT2D eigenvalue weighted by Crippen LogP contribution is 2.38. The van der Waals surface area contributed by atoms with Crippen molar-refractivity contribution < 1.29 is 13.2 Å². The molecule has 0 bridgehead atoms. The predicted molar refractivity (Wildman–Crippen MR) is 136 cm³/mol. The first-order valence-corrected chi connectivity index (χ1v) is 14.8. The summed E-state index contributed by atoms with van der Waals surface area (Å²) >= 11 is 0. The lowest BCUT2D eigenvalue weighted by Gasteiger charge is -2.36. The number of carbonyl (C=O) groups excluding carboxylic acids is 1. The van der Waals surface area contributed by atoms with E-state index in [0.717, 1.165) is 76.1 Å². The number of carbonyl (C=O) groups is 1. The minimum Gasteiger partial charge on any atom is -0.307 e. The van der Waals surface area contributed by atoms with Crippen molar-refractivity contribution in [3.05, 3.63) is 39.8 Å². The summed E-state index contributed by atoms with van der Waals surface area (Å²) in [6.45, 7) is 4.18. The molecule has 1 heterocycles. The summed E-state index contributed by atoms with van der Waals surface area (Å²) in [6.07, 6.45) is 16.5. The van der Waals surface area contributed by atoms with Crippen LogP contribution in [0.5, 0.6) is 0 Å². The number of benzene rings is 1. The first-order chi connectivity index (χ1) is 16.3. The molecule has 6 nitrogen and oxygen atoms in total. The van der Waals surface area contributed by atoms with Crippen molar-refractivity contribution in [2.45, 2.75) is 95.9 Å². The average molecular weight is 486 g/mol. The Morgan fingerprint density at radius 1 is 1.03 bits per heavy atom. The van der Waals surface area contributed by atoms with E-state index in [-0.39, 0.29) is 5.54 Å². The van der Waals surface area contributed by atoms with Gasteiger partial charge in [0.1, 0.15) is 0 Å². The van der Waals surface area contributed by atoms with Gasteiger partial charge in [-0.05, 0) is 106 Å². The molecule has 2 N–H and O–H groups in total. The largest absolute Gasteiger partial charge is 0.333 e. The van der Waals surface area contributed by atoms with Crippen LogP contribution in [0, 0.1) is 5.92 Å². The smallest absolute Gasteiger partial charge is 0.307 e. The second-order valence-corrected chi connectivity index (χ2v) is 12.6. The Hall–Kier alpha value is -1.86. The van der Waals surface area contributed by atoms with Crippen molar-refractivity contribution in [1.82, 2.24) is 9.62 Å². The van der Waals surface area contributed by atoms with E-state index >= 15 is 0 Å². The summed E-state index contributed by atoms with van der Waals surface area (Å²) in [5.74, 6) is 0.717. The van der Waals surface area contributed by atoms with Crippen molar-refractivity contribution in [1.29, 1.82) is 0 Å². The molecule has 186 valence electrons. The Morgan fingerprint density at radius 2 is 1.71 bits per heavy atom. The molecule has 0 spiro atoms. The lowest BCUT2D eigenvalue weighted by atomic mass is 9.88. The molecule has 2 amide bonds. The summed E-state index contributed by atoms with van der Waals surface area (Å²) in [4.78, 5) is 15.2. The fourth-order valence-corrected chi connectivity index (χ4v) is 7.57. The second kappa shape index (κ2) is 9.65. The summed E-state index contributed by atoms with van der Waals surface area (Å²) in [7, 11) is -3.88. The van der Waals surface area contributed by atoms with Crippen molar-refractivity contribution in [2.24, 2.45) is 5.92 Å². The average Bonchev–Trinajstić information content (AvgIpc) is 3.54. The highest BCUT2D eigenvalue weighted by Gasteiger charge is 2.36. The Balaban J connectivity index is 1.25. The molecule has 0 unspecified atom stereocenters. The maximum Gasteiger partial charge on any atom is 0.333 e. The van der Waals surface area contributed by atoms with Crippen LogP contribution in [-0.2, 0) is 35.7 Å². The summed E-state index contributed by atoms with van der Waals surface area (Å²) in [6, 6.07) is 1.64. The van der Waals surface area contributed by atoms with Crippen LogP contribution in [-0.4, -0.2) is 38.0 Å². The number of hydrogen-bond acceptors (Lipinski definition) is 4. The number of hydrogen-bond donors (Lipinski definition) is 2. The van der Waals surface area contributed by atoms with Crippen molar-refractivity contribution in [3.8, 4) is 0 Å². The van der Waals surface area contributed by atoms with Crippen LogP contribution >= 0.6 is 0 Å². The van der Waals surface area contributed by atoms with Gasteiger partial charge in [-0.15, -0.1) is 0 Å². The monoisotopic (exact) mass is 485 g/mol. The van der Waals surface area contributed by atoms with E-state index in [1.807, 2.05) is 0 Å². The zero-order chi connectivity index (χ0) is 23.8. The molecule has 0 aromatic heterocycles. The Bertz CT molecular complexity index is 1040. The van der Waals surface area contributed by atoms with Gasteiger partial charge in [0, 0.05) is 23.2 Å².